The number of carbonyl (C=O) groups excluding carboxylic acids is 2. The van der Waals surface area contributed by atoms with E-state index in [0.29, 0.717) is 25.8 Å². The molecule has 1 aliphatic heterocycles. The largest absolute Gasteiger partial charge is 0.487 e. The van der Waals surface area contributed by atoms with Gasteiger partial charge in [-0.3, -0.25) is 9.69 Å². The van der Waals surface area contributed by atoms with Crippen molar-refractivity contribution in [1.82, 2.24) is 10.2 Å². The lowest BCUT2D eigenvalue weighted by molar-refractivity contribution is -0.123. The van der Waals surface area contributed by atoms with Gasteiger partial charge in [0.15, 0.2) is 0 Å². The fraction of sp³-hybridized carbons (Fsp3) is 0.120. The van der Waals surface area contributed by atoms with Crippen molar-refractivity contribution in [3.63, 3.8) is 0 Å². The Bertz CT molecular complexity index is 1250. The maximum absolute atomic E-state index is 13.4. The summed E-state index contributed by atoms with van der Waals surface area (Å²) in [5.74, 6) is -0.166. The molecule has 1 aliphatic rings. The summed E-state index contributed by atoms with van der Waals surface area (Å²) in [6, 6.07) is 17.0. The molecule has 0 aliphatic carbocycles. The van der Waals surface area contributed by atoms with Crippen molar-refractivity contribution in [1.29, 1.82) is 0 Å². The van der Waals surface area contributed by atoms with Crippen LogP contribution in [0.4, 0.5) is 9.18 Å². The first-order valence-corrected chi connectivity index (χ1v) is 11.6. The van der Waals surface area contributed by atoms with Crippen LogP contribution in [0.25, 0.3) is 6.08 Å². The summed E-state index contributed by atoms with van der Waals surface area (Å²) in [5, 5.41) is 2.64. The van der Waals surface area contributed by atoms with Crippen LogP contribution in [0.15, 0.2) is 75.3 Å². The van der Waals surface area contributed by atoms with E-state index in [-0.39, 0.29) is 30.6 Å². The second-order valence-electron chi connectivity index (χ2n) is 7.60. The van der Waals surface area contributed by atoms with Gasteiger partial charge in [-0.1, -0.05) is 42.0 Å². The highest BCUT2D eigenvalue weighted by Crippen LogP contribution is 2.36. The molecule has 1 saturated heterocycles. The van der Waals surface area contributed by atoms with E-state index in [1.54, 1.807) is 30.3 Å². The Hall–Kier alpha value is -2.97. The Morgan fingerprint density at radius 3 is 2.39 bits per heavy atom. The molecule has 0 radical (unpaired) electrons. The van der Waals surface area contributed by atoms with Crippen LogP contribution in [0.3, 0.4) is 0 Å². The number of benzene rings is 3. The SMILES string of the molecule is Cc1cccc(CN2C(=O)N/C(=C/c3cc(Br)c(OCc4cccc(F)c4)c(Br)c3)C2=O)c1. The molecule has 5 nitrogen and oxygen atoms in total. The van der Waals surface area contributed by atoms with Gasteiger partial charge in [-0.05, 0) is 85.8 Å². The van der Waals surface area contributed by atoms with Gasteiger partial charge in [-0.15, -0.1) is 0 Å². The summed E-state index contributed by atoms with van der Waals surface area (Å²) in [6.07, 6.45) is 1.61. The molecular weight excluding hydrogens is 555 g/mol. The average Bonchev–Trinajstić information content (AvgIpc) is 3.00. The number of amides is 3. The molecule has 168 valence electrons. The van der Waals surface area contributed by atoms with Gasteiger partial charge in [0.1, 0.15) is 23.9 Å². The normalized spacial score (nSPS) is 14.7. The molecule has 0 aromatic heterocycles. The molecule has 0 atom stereocenters. The smallest absolute Gasteiger partial charge is 0.329 e. The van der Waals surface area contributed by atoms with Gasteiger partial charge in [0, 0.05) is 0 Å². The zero-order chi connectivity index (χ0) is 23.5. The zero-order valence-corrected chi connectivity index (χ0v) is 20.7. The number of carbonyl (C=O) groups is 2. The van der Waals surface area contributed by atoms with Crippen molar-refractivity contribution in [3.05, 3.63) is 103 Å². The number of nitrogens with one attached hydrogen (secondary N) is 1. The minimum atomic E-state index is -0.457. The predicted molar refractivity (Wildman–Crippen MR) is 131 cm³/mol. The molecule has 1 heterocycles. The first-order valence-electron chi connectivity index (χ1n) is 10.1. The molecular formula is C25H19Br2FN2O3. The Kier molecular flexibility index (Phi) is 6.95. The Morgan fingerprint density at radius 1 is 1.00 bits per heavy atom. The van der Waals surface area contributed by atoms with E-state index in [4.69, 9.17) is 4.74 Å². The fourth-order valence-electron chi connectivity index (χ4n) is 3.46. The fourth-order valence-corrected chi connectivity index (χ4v) is 4.91. The highest BCUT2D eigenvalue weighted by atomic mass is 79.9. The summed E-state index contributed by atoms with van der Waals surface area (Å²) in [4.78, 5) is 26.4. The predicted octanol–water partition coefficient (Wildman–Crippen LogP) is 6.33. The minimum Gasteiger partial charge on any atom is -0.487 e. The summed E-state index contributed by atoms with van der Waals surface area (Å²) < 4.78 is 20.5. The van der Waals surface area contributed by atoms with E-state index in [0.717, 1.165) is 11.1 Å². The van der Waals surface area contributed by atoms with Crippen LogP contribution in [0, 0.1) is 12.7 Å². The highest BCUT2D eigenvalue weighted by molar-refractivity contribution is 9.11. The van der Waals surface area contributed by atoms with E-state index in [1.165, 1.54) is 17.0 Å². The number of hydrogen-bond acceptors (Lipinski definition) is 3. The first kappa shape index (κ1) is 23.2. The maximum Gasteiger partial charge on any atom is 0.329 e. The molecule has 1 fully saturated rings. The first-order chi connectivity index (χ1) is 15.8. The van der Waals surface area contributed by atoms with E-state index >= 15 is 0 Å². The van der Waals surface area contributed by atoms with Gasteiger partial charge < -0.3 is 10.1 Å². The quantitative estimate of drug-likeness (QED) is 0.277. The molecule has 3 amide bonds. The molecule has 3 aromatic rings. The minimum absolute atomic E-state index is 0.192. The third-order valence-corrected chi connectivity index (χ3v) is 6.17. The van der Waals surface area contributed by atoms with Crippen molar-refractivity contribution < 1.29 is 18.7 Å². The Morgan fingerprint density at radius 2 is 1.70 bits per heavy atom. The van der Waals surface area contributed by atoms with Crippen LogP contribution in [0.5, 0.6) is 5.75 Å². The third kappa shape index (κ3) is 5.51. The second kappa shape index (κ2) is 9.89. The van der Waals surface area contributed by atoms with Crippen molar-refractivity contribution in [2.75, 3.05) is 0 Å². The molecule has 1 N–H and O–H groups in total. The number of ether oxygens (including phenoxy) is 1. The molecule has 0 unspecified atom stereocenters. The van der Waals surface area contributed by atoms with Crippen LogP contribution in [-0.2, 0) is 17.9 Å². The standard InChI is InChI=1S/C25H19Br2FN2O3/c1-15-4-2-5-16(8-15)13-30-24(31)22(29-25(30)32)12-18-10-20(26)23(21(27)11-18)33-14-17-6-3-7-19(28)9-17/h2-12H,13-14H2,1H3,(H,29,32)/b22-12+. The van der Waals surface area contributed by atoms with Gasteiger partial charge in [0.05, 0.1) is 15.5 Å². The number of urea groups is 1. The number of rotatable bonds is 6. The van der Waals surface area contributed by atoms with Crippen LogP contribution >= 0.6 is 31.9 Å². The van der Waals surface area contributed by atoms with E-state index in [9.17, 15) is 14.0 Å². The lowest BCUT2D eigenvalue weighted by Gasteiger charge is -2.12. The highest BCUT2D eigenvalue weighted by Gasteiger charge is 2.33. The van der Waals surface area contributed by atoms with Gasteiger partial charge in [-0.2, -0.15) is 0 Å². The van der Waals surface area contributed by atoms with Crippen LogP contribution in [-0.4, -0.2) is 16.8 Å². The van der Waals surface area contributed by atoms with Crippen LogP contribution in [0.1, 0.15) is 22.3 Å². The summed E-state index contributed by atoms with van der Waals surface area (Å²) >= 11 is 6.97. The number of aryl methyl sites for hydroxylation is 1. The number of halogens is 3. The molecule has 8 heteroatoms. The zero-order valence-electron chi connectivity index (χ0n) is 17.6. The number of hydrogen-bond donors (Lipinski definition) is 1. The van der Waals surface area contributed by atoms with Gasteiger partial charge in [0.25, 0.3) is 5.91 Å². The molecule has 33 heavy (non-hydrogen) atoms. The van der Waals surface area contributed by atoms with Crippen molar-refractivity contribution in [2.24, 2.45) is 0 Å². The van der Waals surface area contributed by atoms with Crippen molar-refractivity contribution in [3.8, 4) is 5.75 Å². The van der Waals surface area contributed by atoms with E-state index in [1.807, 2.05) is 31.2 Å². The molecule has 3 aromatic carbocycles. The summed E-state index contributed by atoms with van der Waals surface area (Å²) in [6.45, 7) is 2.35. The Labute approximate surface area is 207 Å². The maximum atomic E-state index is 13.4. The van der Waals surface area contributed by atoms with Crippen LogP contribution < -0.4 is 10.1 Å². The van der Waals surface area contributed by atoms with Crippen molar-refractivity contribution >= 4 is 49.9 Å². The van der Waals surface area contributed by atoms with Crippen molar-refractivity contribution in [2.45, 2.75) is 20.1 Å². The molecule has 0 bridgehead atoms. The Balaban J connectivity index is 1.50. The number of nitrogens with zero attached hydrogens (tertiary/aromatic N) is 1. The van der Waals surface area contributed by atoms with Gasteiger partial charge in [0.2, 0.25) is 0 Å². The lowest BCUT2D eigenvalue weighted by Crippen LogP contribution is -2.30. The molecule has 0 spiro atoms. The third-order valence-electron chi connectivity index (χ3n) is 4.99. The second-order valence-corrected chi connectivity index (χ2v) is 9.31. The molecule has 4 rings (SSSR count). The summed E-state index contributed by atoms with van der Waals surface area (Å²) in [5.41, 5.74) is 3.52. The average molecular weight is 574 g/mol. The van der Waals surface area contributed by atoms with Gasteiger partial charge in [-0.25, -0.2) is 9.18 Å². The summed E-state index contributed by atoms with van der Waals surface area (Å²) in [7, 11) is 0. The monoisotopic (exact) mass is 572 g/mol. The molecule has 0 saturated carbocycles. The van der Waals surface area contributed by atoms with Gasteiger partial charge >= 0.3 is 6.03 Å². The lowest BCUT2D eigenvalue weighted by atomic mass is 10.1. The topological polar surface area (TPSA) is 58.6 Å². The van der Waals surface area contributed by atoms with Crippen LogP contribution in [0.2, 0.25) is 0 Å². The van der Waals surface area contributed by atoms with E-state index < -0.39 is 6.03 Å². The number of imide groups is 1. The van der Waals surface area contributed by atoms with E-state index in [2.05, 4.69) is 37.2 Å².